The molecule has 2 amide bonds. The van der Waals surface area contributed by atoms with E-state index in [1.165, 1.54) is 11.1 Å². The number of likely N-dealkylation sites (tertiary alicyclic amines) is 1. The maximum Gasteiger partial charge on any atom is 0.225 e. The number of hydrogen-bond acceptors (Lipinski definition) is 2. The Kier molecular flexibility index (Phi) is 5.16. The van der Waals surface area contributed by atoms with Crippen LogP contribution in [-0.4, -0.2) is 36.3 Å². The van der Waals surface area contributed by atoms with Crippen LogP contribution in [0.1, 0.15) is 50.7 Å². The molecule has 1 aliphatic carbocycles. The fourth-order valence-corrected chi connectivity index (χ4v) is 3.57. The molecule has 4 heteroatoms. The van der Waals surface area contributed by atoms with Gasteiger partial charge in [-0.15, -0.1) is 0 Å². The number of hydrogen-bond donors (Lipinski definition) is 1. The molecule has 0 aromatic heterocycles. The van der Waals surface area contributed by atoms with Crippen molar-refractivity contribution in [3.63, 3.8) is 0 Å². The van der Waals surface area contributed by atoms with E-state index in [2.05, 4.69) is 50.4 Å². The summed E-state index contributed by atoms with van der Waals surface area (Å²) in [6.45, 7) is 8.52. The summed E-state index contributed by atoms with van der Waals surface area (Å²) in [4.78, 5) is 26.6. The standard InChI is InChI=1S/C21H30N2O2/c1-15-5-4-6-18(13-15)21(2,3)14-22-19(24)16-9-11-23(12-10-16)20(25)17-7-8-17/h4-6,13,16-17H,7-12,14H2,1-3H3,(H,22,24). The van der Waals surface area contributed by atoms with E-state index in [9.17, 15) is 9.59 Å². The molecule has 0 spiro atoms. The Hall–Kier alpha value is -1.84. The lowest BCUT2D eigenvalue weighted by Crippen LogP contribution is -2.45. The van der Waals surface area contributed by atoms with E-state index in [0.717, 1.165) is 38.8 Å². The summed E-state index contributed by atoms with van der Waals surface area (Å²) in [7, 11) is 0. The minimum atomic E-state index is -0.0929. The van der Waals surface area contributed by atoms with Gasteiger partial charge in [0, 0.05) is 36.9 Å². The number of benzene rings is 1. The summed E-state index contributed by atoms with van der Waals surface area (Å²) in [5.41, 5.74) is 2.40. The molecule has 2 fully saturated rings. The summed E-state index contributed by atoms with van der Waals surface area (Å²) in [5, 5.41) is 3.15. The Morgan fingerprint density at radius 1 is 1.12 bits per heavy atom. The third-order valence-electron chi connectivity index (χ3n) is 5.61. The quantitative estimate of drug-likeness (QED) is 0.894. The first-order valence-electron chi connectivity index (χ1n) is 9.50. The molecular formula is C21H30N2O2. The number of nitrogens with zero attached hydrogens (tertiary/aromatic N) is 1. The maximum absolute atomic E-state index is 12.6. The van der Waals surface area contributed by atoms with Gasteiger partial charge in [-0.2, -0.15) is 0 Å². The number of rotatable bonds is 5. The van der Waals surface area contributed by atoms with Crippen LogP contribution in [0.25, 0.3) is 0 Å². The molecule has 2 aliphatic rings. The van der Waals surface area contributed by atoms with Crippen molar-refractivity contribution in [2.45, 2.75) is 51.9 Å². The van der Waals surface area contributed by atoms with Crippen LogP contribution in [0.4, 0.5) is 0 Å². The Bertz CT molecular complexity index is 641. The minimum absolute atomic E-state index is 0.0385. The number of aryl methyl sites for hydroxylation is 1. The smallest absolute Gasteiger partial charge is 0.225 e. The Morgan fingerprint density at radius 2 is 1.80 bits per heavy atom. The highest BCUT2D eigenvalue weighted by Gasteiger charge is 2.36. The fraction of sp³-hybridized carbons (Fsp3) is 0.619. The molecule has 0 unspecified atom stereocenters. The van der Waals surface area contributed by atoms with E-state index in [4.69, 9.17) is 0 Å². The Balaban J connectivity index is 1.48. The molecular weight excluding hydrogens is 312 g/mol. The van der Waals surface area contributed by atoms with Crippen molar-refractivity contribution in [2.24, 2.45) is 11.8 Å². The largest absolute Gasteiger partial charge is 0.355 e. The Labute approximate surface area is 151 Å². The highest BCUT2D eigenvalue weighted by Crippen LogP contribution is 2.32. The number of piperidine rings is 1. The summed E-state index contributed by atoms with van der Waals surface area (Å²) in [5.74, 6) is 0.760. The van der Waals surface area contributed by atoms with E-state index in [-0.39, 0.29) is 23.2 Å². The first kappa shape index (κ1) is 18.0. The molecule has 1 N–H and O–H groups in total. The van der Waals surface area contributed by atoms with Crippen molar-refractivity contribution < 1.29 is 9.59 Å². The van der Waals surface area contributed by atoms with Crippen LogP contribution in [0.2, 0.25) is 0 Å². The molecule has 0 atom stereocenters. The van der Waals surface area contributed by atoms with E-state index < -0.39 is 0 Å². The number of carbonyl (C=O) groups is 2. The van der Waals surface area contributed by atoms with Crippen LogP contribution < -0.4 is 5.32 Å². The second-order valence-electron chi connectivity index (χ2n) is 8.35. The predicted octanol–water partition coefficient (Wildman–Crippen LogP) is 3.04. The summed E-state index contributed by atoms with van der Waals surface area (Å²) in [6, 6.07) is 8.48. The van der Waals surface area contributed by atoms with Gasteiger partial charge < -0.3 is 10.2 Å². The molecule has 1 aliphatic heterocycles. The monoisotopic (exact) mass is 342 g/mol. The highest BCUT2D eigenvalue weighted by molar-refractivity contribution is 5.82. The van der Waals surface area contributed by atoms with Gasteiger partial charge in [0.1, 0.15) is 0 Å². The number of amides is 2. The molecule has 4 nitrogen and oxygen atoms in total. The van der Waals surface area contributed by atoms with Crippen LogP contribution in [0.5, 0.6) is 0 Å². The van der Waals surface area contributed by atoms with E-state index >= 15 is 0 Å². The fourth-order valence-electron chi connectivity index (χ4n) is 3.57. The average Bonchev–Trinajstić information content (AvgIpc) is 3.44. The van der Waals surface area contributed by atoms with Gasteiger partial charge in [0.25, 0.3) is 0 Å². The third-order valence-corrected chi connectivity index (χ3v) is 5.61. The van der Waals surface area contributed by atoms with Crippen LogP contribution in [0.15, 0.2) is 24.3 Å². The first-order valence-corrected chi connectivity index (χ1v) is 9.50. The van der Waals surface area contributed by atoms with Crippen LogP contribution >= 0.6 is 0 Å². The maximum atomic E-state index is 12.6. The van der Waals surface area contributed by atoms with Crippen LogP contribution in [-0.2, 0) is 15.0 Å². The molecule has 1 aromatic rings. The summed E-state index contributed by atoms with van der Waals surface area (Å²) in [6.07, 6.45) is 3.67. The van der Waals surface area contributed by atoms with Crippen LogP contribution in [0, 0.1) is 18.8 Å². The van der Waals surface area contributed by atoms with Crippen molar-refractivity contribution in [1.29, 1.82) is 0 Å². The summed E-state index contributed by atoms with van der Waals surface area (Å²) < 4.78 is 0. The first-order chi connectivity index (χ1) is 11.9. The van der Waals surface area contributed by atoms with Crippen molar-refractivity contribution in [2.75, 3.05) is 19.6 Å². The second kappa shape index (κ2) is 7.19. The van der Waals surface area contributed by atoms with Gasteiger partial charge in [-0.05, 0) is 38.2 Å². The normalized spacial score (nSPS) is 18.9. The van der Waals surface area contributed by atoms with Crippen molar-refractivity contribution in [1.82, 2.24) is 10.2 Å². The minimum Gasteiger partial charge on any atom is -0.355 e. The van der Waals surface area contributed by atoms with Gasteiger partial charge in [0.15, 0.2) is 0 Å². The SMILES string of the molecule is Cc1cccc(C(C)(C)CNC(=O)C2CCN(C(=O)C3CC3)CC2)c1. The zero-order valence-corrected chi connectivity index (χ0v) is 15.7. The van der Waals surface area contributed by atoms with Crippen molar-refractivity contribution >= 4 is 11.8 Å². The Morgan fingerprint density at radius 3 is 2.40 bits per heavy atom. The van der Waals surface area contributed by atoms with Gasteiger partial charge in [0.2, 0.25) is 11.8 Å². The third kappa shape index (κ3) is 4.42. The van der Waals surface area contributed by atoms with Gasteiger partial charge in [-0.3, -0.25) is 9.59 Å². The molecule has 0 radical (unpaired) electrons. The van der Waals surface area contributed by atoms with Gasteiger partial charge in [-0.1, -0.05) is 43.7 Å². The lowest BCUT2D eigenvalue weighted by Gasteiger charge is -2.32. The van der Waals surface area contributed by atoms with Gasteiger partial charge in [0.05, 0.1) is 0 Å². The van der Waals surface area contributed by atoms with Gasteiger partial charge in [-0.25, -0.2) is 0 Å². The molecule has 25 heavy (non-hydrogen) atoms. The molecule has 3 rings (SSSR count). The van der Waals surface area contributed by atoms with Crippen molar-refractivity contribution in [3.05, 3.63) is 35.4 Å². The topological polar surface area (TPSA) is 49.4 Å². The van der Waals surface area contributed by atoms with E-state index in [0.29, 0.717) is 12.5 Å². The zero-order chi connectivity index (χ0) is 18.0. The number of nitrogens with one attached hydrogen (secondary N) is 1. The molecule has 1 saturated heterocycles. The molecule has 1 saturated carbocycles. The summed E-state index contributed by atoms with van der Waals surface area (Å²) >= 11 is 0. The van der Waals surface area contributed by atoms with Crippen molar-refractivity contribution in [3.8, 4) is 0 Å². The molecule has 0 bridgehead atoms. The lowest BCUT2D eigenvalue weighted by molar-refractivity contribution is -0.136. The van der Waals surface area contributed by atoms with Gasteiger partial charge >= 0.3 is 0 Å². The zero-order valence-electron chi connectivity index (χ0n) is 15.7. The molecule has 1 heterocycles. The predicted molar refractivity (Wildman–Crippen MR) is 99.2 cm³/mol. The van der Waals surface area contributed by atoms with E-state index in [1.54, 1.807) is 0 Å². The van der Waals surface area contributed by atoms with Crippen LogP contribution in [0.3, 0.4) is 0 Å². The molecule has 136 valence electrons. The lowest BCUT2D eigenvalue weighted by atomic mass is 9.83. The molecule has 1 aromatic carbocycles. The second-order valence-corrected chi connectivity index (χ2v) is 8.35. The number of carbonyl (C=O) groups excluding carboxylic acids is 2. The van der Waals surface area contributed by atoms with E-state index in [1.807, 2.05) is 4.90 Å². The average molecular weight is 342 g/mol. The highest BCUT2D eigenvalue weighted by atomic mass is 16.2.